The second kappa shape index (κ2) is 5.74. The summed E-state index contributed by atoms with van der Waals surface area (Å²) in [4.78, 5) is 0. The van der Waals surface area contributed by atoms with Gasteiger partial charge < -0.3 is 5.11 Å². The molecule has 0 heterocycles. The Hall–Kier alpha value is -1.03. The predicted octanol–water partition coefficient (Wildman–Crippen LogP) is 3.45. The van der Waals surface area contributed by atoms with Gasteiger partial charge in [0.25, 0.3) is 0 Å². The zero-order chi connectivity index (χ0) is 13.1. The van der Waals surface area contributed by atoms with Crippen LogP contribution in [0.5, 0.6) is 0 Å². The summed E-state index contributed by atoms with van der Waals surface area (Å²) in [5.74, 6) is -2.90. The van der Waals surface area contributed by atoms with E-state index in [4.69, 9.17) is 5.11 Å². The third-order valence-corrected chi connectivity index (χ3v) is 3.79. The normalized spacial score (nSPS) is 24.2. The fraction of sp³-hybridized carbons (Fsp3) is 0.571. The Morgan fingerprint density at radius 2 is 1.44 bits per heavy atom. The Bertz CT molecular complexity index is 388. The van der Waals surface area contributed by atoms with Crippen LogP contribution in [0.3, 0.4) is 0 Å². The van der Waals surface area contributed by atoms with E-state index in [9.17, 15) is 13.2 Å². The quantitative estimate of drug-likeness (QED) is 0.823. The summed E-state index contributed by atoms with van der Waals surface area (Å²) in [6.45, 7) is 0.215. The summed E-state index contributed by atoms with van der Waals surface area (Å²) in [6, 6.07) is 2.16. The van der Waals surface area contributed by atoms with Crippen molar-refractivity contribution in [2.45, 2.75) is 32.1 Å². The van der Waals surface area contributed by atoms with Crippen molar-refractivity contribution in [1.82, 2.24) is 0 Å². The average Bonchev–Trinajstić information content (AvgIpc) is 2.37. The number of rotatable bonds is 3. The maximum absolute atomic E-state index is 13.1. The number of aliphatic hydroxyl groups is 1. The molecule has 0 amide bonds. The molecule has 0 aliphatic heterocycles. The molecule has 2 rings (SSSR count). The molecule has 100 valence electrons. The van der Waals surface area contributed by atoms with Crippen molar-refractivity contribution >= 4 is 0 Å². The van der Waals surface area contributed by atoms with Crippen molar-refractivity contribution in [1.29, 1.82) is 0 Å². The first kappa shape index (κ1) is 13.4. The molecular weight excluding hydrogens is 241 g/mol. The van der Waals surface area contributed by atoms with E-state index < -0.39 is 17.5 Å². The van der Waals surface area contributed by atoms with Crippen molar-refractivity contribution in [2.24, 2.45) is 11.8 Å². The summed E-state index contributed by atoms with van der Waals surface area (Å²) in [5.41, 5.74) is 0.513. The van der Waals surface area contributed by atoms with E-state index in [0.717, 1.165) is 37.8 Å². The summed E-state index contributed by atoms with van der Waals surface area (Å²) >= 11 is 0. The Morgan fingerprint density at radius 1 is 0.944 bits per heavy atom. The van der Waals surface area contributed by atoms with Crippen LogP contribution < -0.4 is 0 Å². The van der Waals surface area contributed by atoms with Crippen LogP contribution in [0.2, 0.25) is 0 Å². The smallest absolute Gasteiger partial charge is 0.194 e. The minimum absolute atomic E-state index is 0.215. The molecule has 0 unspecified atom stereocenters. The van der Waals surface area contributed by atoms with Crippen molar-refractivity contribution in [3.8, 4) is 0 Å². The number of aliphatic hydroxyl groups excluding tert-OH is 1. The van der Waals surface area contributed by atoms with E-state index in [-0.39, 0.29) is 6.61 Å². The lowest BCUT2D eigenvalue weighted by molar-refractivity contribution is 0.167. The van der Waals surface area contributed by atoms with Gasteiger partial charge in [-0.3, -0.25) is 0 Å². The molecule has 1 aromatic rings. The van der Waals surface area contributed by atoms with Gasteiger partial charge in [-0.15, -0.1) is 0 Å². The van der Waals surface area contributed by atoms with Crippen LogP contribution in [0, 0.1) is 29.3 Å². The molecule has 0 atom stereocenters. The standard InChI is InChI=1S/C14H17F3O/c15-12-6-11(7-13(16)14(12)17)5-9-1-3-10(8-18)4-2-9/h6-7,9-10,18H,1-5,8H2. The van der Waals surface area contributed by atoms with Gasteiger partial charge in [-0.1, -0.05) is 0 Å². The first-order chi connectivity index (χ1) is 8.60. The van der Waals surface area contributed by atoms with Crippen LogP contribution in [-0.2, 0) is 6.42 Å². The van der Waals surface area contributed by atoms with Gasteiger partial charge in [0.05, 0.1) is 0 Å². The Morgan fingerprint density at radius 3 is 1.94 bits per heavy atom. The summed E-state index contributed by atoms with van der Waals surface area (Å²) in [6.07, 6.45) is 4.38. The fourth-order valence-electron chi connectivity index (χ4n) is 2.68. The Labute approximate surface area is 105 Å². The molecular formula is C14H17F3O. The lowest BCUT2D eigenvalue weighted by Crippen LogP contribution is -2.18. The summed E-state index contributed by atoms with van der Waals surface area (Å²) in [5, 5.41) is 9.03. The number of halogens is 3. The van der Waals surface area contributed by atoms with Gasteiger partial charge in [-0.25, -0.2) is 13.2 Å². The topological polar surface area (TPSA) is 20.2 Å². The van der Waals surface area contributed by atoms with Gasteiger partial charge in [-0.2, -0.15) is 0 Å². The van der Waals surface area contributed by atoms with Crippen LogP contribution in [0.1, 0.15) is 31.2 Å². The van der Waals surface area contributed by atoms with E-state index in [2.05, 4.69) is 0 Å². The highest BCUT2D eigenvalue weighted by atomic mass is 19.2. The molecule has 0 saturated heterocycles. The molecule has 0 aromatic heterocycles. The molecule has 18 heavy (non-hydrogen) atoms. The molecule has 1 saturated carbocycles. The Balaban J connectivity index is 1.98. The molecule has 1 aromatic carbocycles. The lowest BCUT2D eigenvalue weighted by atomic mass is 9.79. The van der Waals surface area contributed by atoms with Gasteiger partial charge >= 0.3 is 0 Å². The van der Waals surface area contributed by atoms with E-state index in [1.54, 1.807) is 0 Å². The molecule has 0 bridgehead atoms. The van der Waals surface area contributed by atoms with Crippen molar-refractivity contribution in [3.63, 3.8) is 0 Å². The maximum Gasteiger partial charge on any atom is 0.194 e. The first-order valence-electron chi connectivity index (χ1n) is 6.34. The molecule has 1 N–H and O–H groups in total. The van der Waals surface area contributed by atoms with E-state index in [1.165, 1.54) is 0 Å². The van der Waals surface area contributed by atoms with E-state index in [1.807, 2.05) is 0 Å². The largest absolute Gasteiger partial charge is 0.396 e. The molecule has 0 radical (unpaired) electrons. The SMILES string of the molecule is OCC1CCC(Cc2cc(F)c(F)c(F)c2)CC1. The van der Waals surface area contributed by atoms with E-state index in [0.29, 0.717) is 23.8 Å². The number of hydrogen-bond donors (Lipinski definition) is 1. The minimum Gasteiger partial charge on any atom is -0.396 e. The van der Waals surface area contributed by atoms with Crippen LogP contribution >= 0.6 is 0 Å². The average molecular weight is 258 g/mol. The van der Waals surface area contributed by atoms with Gasteiger partial charge in [0, 0.05) is 6.61 Å². The molecule has 0 spiro atoms. The summed E-state index contributed by atoms with van der Waals surface area (Å²) in [7, 11) is 0. The van der Waals surface area contributed by atoms with Gasteiger partial charge in [0.15, 0.2) is 17.5 Å². The highest BCUT2D eigenvalue weighted by Gasteiger charge is 2.21. The number of hydrogen-bond acceptors (Lipinski definition) is 1. The number of benzene rings is 1. The molecule has 4 heteroatoms. The zero-order valence-electron chi connectivity index (χ0n) is 10.1. The first-order valence-corrected chi connectivity index (χ1v) is 6.34. The van der Waals surface area contributed by atoms with Gasteiger partial charge in [0.1, 0.15) is 0 Å². The minimum atomic E-state index is -1.40. The second-order valence-electron chi connectivity index (χ2n) is 5.15. The van der Waals surface area contributed by atoms with Crippen molar-refractivity contribution in [2.75, 3.05) is 6.61 Å². The molecule has 1 aliphatic rings. The van der Waals surface area contributed by atoms with Crippen LogP contribution in [0.4, 0.5) is 13.2 Å². The second-order valence-corrected chi connectivity index (χ2v) is 5.15. The molecule has 1 aliphatic carbocycles. The monoisotopic (exact) mass is 258 g/mol. The van der Waals surface area contributed by atoms with E-state index >= 15 is 0 Å². The highest BCUT2D eigenvalue weighted by Crippen LogP contribution is 2.31. The van der Waals surface area contributed by atoms with Crippen LogP contribution in [0.25, 0.3) is 0 Å². The lowest BCUT2D eigenvalue weighted by Gasteiger charge is -2.27. The summed E-state index contributed by atoms with van der Waals surface area (Å²) < 4.78 is 38.9. The maximum atomic E-state index is 13.1. The fourth-order valence-corrected chi connectivity index (χ4v) is 2.68. The van der Waals surface area contributed by atoms with Crippen molar-refractivity contribution in [3.05, 3.63) is 35.1 Å². The van der Waals surface area contributed by atoms with Crippen molar-refractivity contribution < 1.29 is 18.3 Å². The van der Waals surface area contributed by atoms with Crippen LogP contribution in [0.15, 0.2) is 12.1 Å². The Kier molecular flexibility index (Phi) is 4.27. The van der Waals surface area contributed by atoms with Crippen LogP contribution in [-0.4, -0.2) is 11.7 Å². The molecule has 1 fully saturated rings. The highest BCUT2D eigenvalue weighted by molar-refractivity contribution is 5.20. The zero-order valence-corrected chi connectivity index (χ0v) is 10.1. The molecule has 1 nitrogen and oxygen atoms in total. The third-order valence-electron chi connectivity index (χ3n) is 3.79. The third kappa shape index (κ3) is 3.05. The van der Waals surface area contributed by atoms with Gasteiger partial charge in [-0.05, 0) is 61.6 Å². The predicted molar refractivity (Wildman–Crippen MR) is 62.6 cm³/mol. The van der Waals surface area contributed by atoms with Gasteiger partial charge in [0.2, 0.25) is 0 Å².